The average molecular weight is 399 g/mol. The minimum Gasteiger partial charge on any atom is -0.493 e. The highest BCUT2D eigenvalue weighted by Crippen LogP contribution is 2.28. The van der Waals surface area contributed by atoms with Gasteiger partial charge in [0.2, 0.25) is 5.91 Å². The SMILES string of the molecule is O=C(NC1CC1)c1ccc(OC[C@H]2CCCN(C(=O)CC3CCCCC3)C2)cc1. The van der Waals surface area contributed by atoms with Crippen LogP contribution in [0.15, 0.2) is 24.3 Å². The van der Waals surface area contributed by atoms with Gasteiger partial charge in [0.05, 0.1) is 6.61 Å². The van der Waals surface area contributed by atoms with Gasteiger partial charge in [0.1, 0.15) is 5.75 Å². The average Bonchev–Trinajstić information content (AvgIpc) is 3.57. The summed E-state index contributed by atoms with van der Waals surface area (Å²) in [6.45, 7) is 2.33. The van der Waals surface area contributed by atoms with E-state index >= 15 is 0 Å². The van der Waals surface area contributed by atoms with Crippen LogP contribution in [0.2, 0.25) is 0 Å². The fraction of sp³-hybridized carbons (Fsp3) is 0.667. The zero-order valence-corrected chi connectivity index (χ0v) is 17.4. The number of nitrogens with one attached hydrogen (secondary N) is 1. The number of ether oxygens (including phenoxy) is 1. The highest BCUT2D eigenvalue weighted by Gasteiger charge is 2.27. The van der Waals surface area contributed by atoms with Crippen molar-refractivity contribution in [1.29, 1.82) is 0 Å². The Kier molecular flexibility index (Phi) is 6.73. The fourth-order valence-corrected chi connectivity index (χ4v) is 4.61. The number of likely N-dealkylation sites (tertiary alicyclic amines) is 1. The zero-order valence-electron chi connectivity index (χ0n) is 17.4. The van der Waals surface area contributed by atoms with Crippen molar-refractivity contribution in [1.82, 2.24) is 10.2 Å². The molecule has 3 aliphatic rings. The Morgan fingerprint density at radius 1 is 0.931 bits per heavy atom. The van der Waals surface area contributed by atoms with Crippen LogP contribution in [-0.4, -0.2) is 42.5 Å². The van der Waals surface area contributed by atoms with E-state index in [1.165, 1.54) is 32.1 Å². The largest absolute Gasteiger partial charge is 0.493 e. The summed E-state index contributed by atoms with van der Waals surface area (Å²) in [7, 11) is 0. The lowest BCUT2D eigenvalue weighted by molar-refractivity contribution is -0.134. The minimum absolute atomic E-state index is 0.00143. The zero-order chi connectivity index (χ0) is 20.1. The lowest BCUT2D eigenvalue weighted by atomic mass is 9.86. The number of nitrogens with zero attached hydrogens (tertiary/aromatic N) is 1. The molecular weight excluding hydrogens is 364 g/mol. The minimum atomic E-state index is -0.00143. The van der Waals surface area contributed by atoms with Crippen LogP contribution < -0.4 is 10.1 Å². The van der Waals surface area contributed by atoms with Crippen molar-refractivity contribution in [3.05, 3.63) is 29.8 Å². The van der Waals surface area contributed by atoms with Crippen molar-refractivity contribution < 1.29 is 14.3 Å². The maximum absolute atomic E-state index is 12.7. The molecule has 4 rings (SSSR count). The van der Waals surface area contributed by atoms with Gasteiger partial charge >= 0.3 is 0 Å². The monoisotopic (exact) mass is 398 g/mol. The Morgan fingerprint density at radius 3 is 2.38 bits per heavy atom. The summed E-state index contributed by atoms with van der Waals surface area (Å²) in [6.07, 6.45) is 11.4. The van der Waals surface area contributed by atoms with Crippen molar-refractivity contribution in [2.75, 3.05) is 19.7 Å². The summed E-state index contributed by atoms with van der Waals surface area (Å²) in [5, 5.41) is 3.00. The van der Waals surface area contributed by atoms with E-state index in [-0.39, 0.29) is 5.91 Å². The van der Waals surface area contributed by atoms with E-state index in [2.05, 4.69) is 10.2 Å². The van der Waals surface area contributed by atoms with E-state index in [0.717, 1.165) is 50.9 Å². The summed E-state index contributed by atoms with van der Waals surface area (Å²) < 4.78 is 5.98. The van der Waals surface area contributed by atoms with E-state index < -0.39 is 0 Å². The number of hydrogen-bond donors (Lipinski definition) is 1. The van der Waals surface area contributed by atoms with E-state index in [0.29, 0.717) is 36.0 Å². The summed E-state index contributed by atoms with van der Waals surface area (Å²) >= 11 is 0. The molecule has 2 aliphatic carbocycles. The van der Waals surface area contributed by atoms with Crippen LogP contribution in [0.5, 0.6) is 5.75 Å². The normalized spacial score (nSPS) is 22.9. The second-order valence-corrected chi connectivity index (χ2v) is 9.14. The summed E-state index contributed by atoms with van der Waals surface area (Å²) in [5.74, 6) is 2.12. The highest BCUT2D eigenvalue weighted by molar-refractivity contribution is 5.94. The molecule has 0 spiro atoms. The standard InChI is InChI=1S/C24H34N2O3/c27-23(15-18-5-2-1-3-6-18)26-14-4-7-19(16-26)17-29-22-12-8-20(9-13-22)24(28)25-21-10-11-21/h8-9,12-13,18-19,21H,1-7,10-11,14-17H2,(H,25,28)/t19-/m0/s1. The predicted octanol–water partition coefficient (Wildman–Crippen LogP) is 4.17. The first-order chi connectivity index (χ1) is 14.2. The number of carbonyl (C=O) groups excluding carboxylic acids is 2. The molecule has 1 aliphatic heterocycles. The van der Waals surface area contributed by atoms with Crippen LogP contribution in [-0.2, 0) is 4.79 Å². The van der Waals surface area contributed by atoms with Gasteiger partial charge in [-0.2, -0.15) is 0 Å². The van der Waals surface area contributed by atoms with Crippen molar-refractivity contribution in [2.45, 2.75) is 70.3 Å². The molecule has 1 saturated heterocycles. The molecule has 0 unspecified atom stereocenters. The van der Waals surface area contributed by atoms with Gasteiger partial charge < -0.3 is 15.0 Å². The van der Waals surface area contributed by atoms with Gasteiger partial charge in [0.15, 0.2) is 0 Å². The smallest absolute Gasteiger partial charge is 0.251 e. The molecule has 1 aromatic rings. The lowest BCUT2D eigenvalue weighted by Gasteiger charge is -2.34. The number of piperidine rings is 1. The Hall–Kier alpha value is -2.04. The molecule has 1 N–H and O–H groups in total. The molecule has 5 nitrogen and oxygen atoms in total. The number of amides is 2. The van der Waals surface area contributed by atoms with Crippen LogP contribution in [0.4, 0.5) is 0 Å². The highest BCUT2D eigenvalue weighted by atomic mass is 16.5. The van der Waals surface area contributed by atoms with Crippen LogP contribution in [0.1, 0.15) is 74.6 Å². The summed E-state index contributed by atoms with van der Waals surface area (Å²) in [5.41, 5.74) is 0.682. The lowest BCUT2D eigenvalue weighted by Crippen LogP contribution is -2.42. The first-order valence-corrected chi connectivity index (χ1v) is 11.5. The van der Waals surface area contributed by atoms with Gasteiger partial charge in [-0.1, -0.05) is 19.3 Å². The third-order valence-electron chi connectivity index (χ3n) is 6.57. The molecule has 2 saturated carbocycles. The molecule has 1 atom stereocenters. The van der Waals surface area contributed by atoms with E-state index in [1.54, 1.807) is 0 Å². The van der Waals surface area contributed by atoms with Crippen LogP contribution in [0.25, 0.3) is 0 Å². The quantitative estimate of drug-likeness (QED) is 0.750. The number of benzene rings is 1. The molecule has 0 radical (unpaired) electrons. The van der Waals surface area contributed by atoms with Crippen molar-refractivity contribution >= 4 is 11.8 Å². The van der Waals surface area contributed by atoms with Gasteiger partial charge in [-0.3, -0.25) is 9.59 Å². The van der Waals surface area contributed by atoms with E-state index in [1.807, 2.05) is 24.3 Å². The van der Waals surface area contributed by atoms with Gasteiger partial charge in [-0.05, 0) is 68.7 Å². The third kappa shape index (κ3) is 5.97. The number of carbonyl (C=O) groups is 2. The summed E-state index contributed by atoms with van der Waals surface area (Å²) in [4.78, 5) is 26.8. The second-order valence-electron chi connectivity index (χ2n) is 9.14. The topological polar surface area (TPSA) is 58.6 Å². The summed E-state index contributed by atoms with van der Waals surface area (Å²) in [6, 6.07) is 7.77. The first kappa shape index (κ1) is 20.2. The Bertz CT molecular complexity index is 693. The van der Waals surface area contributed by atoms with Crippen molar-refractivity contribution in [3.63, 3.8) is 0 Å². The van der Waals surface area contributed by atoms with E-state index in [9.17, 15) is 9.59 Å². The molecule has 2 amide bonds. The first-order valence-electron chi connectivity index (χ1n) is 11.5. The molecule has 1 heterocycles. The molecule has 3 fully saturated rings. The maximum atomic E-state index is 12.7. The van der Waals surface area contributed by atoms with Crippen LogP contribution >= 0.6 is 0 Å². The molecule has 29 heavy (non-hydrogen) atoms. The Labute approximate surface area is 174 Å². The molecule has 1 aromatic carbocycles. The molecular formula is C24H34N2O3. The van der Waals surface area contributed by atoms with Gasteiger partial charge in [0.25, 0.3) is 5.91 Å². The van der Waals surface area contributed by atoms with Crippen LogP contribution in [0, 0.1) is 11.8 Å². The maximum Gasteiger partial charge on any atom is 0.251 e. The third-order valence-corrected chi connectivity index (χ3v) is 6.57. The molecule has 5 heteroatoms. The Morgan fingerprint density at radius 2 is 1.66 bits per heavy atom. The second kappa shape index (κ2) is 9.64. The number of hydrogen-bond acceptors (Lipinski definition) is 3. The van der Waals surface area contributed by atoms with Gasteiger partial charge in [-0.25, -0.2) is 0 Å². The molecule has 158 valence electrons. The molecule has 0 bridgehead atoms. The molecule has 0 aromatic heterocycles. The predicted molar refractivity (Wildman–Crippen MR) is 113 cm³/mol. The van der Waals surface area contributed by atoms with Gasteiger partial charge in [0, 0.05) is 37.0 Å². The van der Waals surface area contributed by atoms with Gasteiger partial charge in [-0.15, -0.1) is 0 Å². The van der Waals surface area contributed by atoms with Crippen molar-refractivity contribution in [3.8, 4) is 5.75 Å². The fourth-order valence-electron chi connectivity index (χ4n) is 4.61. The number of rotatable bonds is 7. The van der Waals surface area contributed by atoms with Crippen LogP contribution in [0.3, 0.4) is 0 Å². The van der Waals surface area contributed by atoms with E-state index in [4.69, 9.17) is 4.74 Å². The Balaban J connectivity index is 1.21. The van der Waals surface area contributed by atoms with Crippen molar-refractivity contribution in [2.24, 2.45) is 11.8 Å².